The fraction of sp³-hybridized carbons (Fsp3) is 0.240. The Morgan fingerprint density at radius 3 is 2.05 bits per heavy atom. The molecule has 0 amide bonds. The lowest BCUT2D eigenvalue weighted by molar-refractivity contribution is -0.192. The van der Waals surface area contributed by atoms with Gasteiger partial charge in [0.1, 0.15) is 11.4 Å². The van der Waals surface area contributed by atoms with E-state index in [1.54, 1.807) is 18.2 Å². The molecule has 0 aliphatic heterocycles. The number of unbranched alkanes of at least 4 members (excludes halogenated alkanes) is 1. The number of carboxylic acid groups (broad SMARTS) is 2. The molecular weight excluding hydrogens is 527 g/mol. The highest BCUT2D eigenvalue weighted by molar-refractivity contribution is 7.92. The van der Waals surface area contributed by atoms with Crippen molar-refractivity contribution in [3.63, 3.8) is 0 Å². The summed E-state index contributed by atoms with van der Waals surface area (Å²) in [5.41, 5.74) is 1.08. The number of halogens is 3. The Labute approximate surface area is 217 Å². The average Bonchev–Trinajstić information content (AvgIpc) is 2.87. The molecule has 13 heteroatoms. The third-order valence-electron chi connectivity index (χ3n) is 4.94. The van der Waals surface area contributed by atoms with Crippen LogP contribution in [-0.4, -0.2) is 48.3 Å². The predicted molar refractivity (Wildman–Crippen MR) is 135 cm³/mol. The number of hydrogen-bond acceptors (Lipinski definition) is 6. The van der Waals surface area contributed by atoms with Gasteiger partial charge in [0.05, 0.1) is 16.8 Å². The van der Waals surface area contributed by atoms with Gasteiger partial charge in [-0.3, -0.25) is 4.72 Å². The zero-order chi connectivity index (χ0) is 28.3. The average molecular weight is 554 g/mol. The first kappa shape index (κ1) is 30.1. The van der Waals surface area contributed by atoms with Gasteiger partial charge in [0, 0.05) is 13.1 Å². The van der Waals surface area contributed by atoms with Crippen molar-refractivity contribution >= 4 is 33.5 Å². The predicted octanol–water partition coefficient (Wildman–Crippen LogP) is 5.02. The summed E-state index contributed by atoms with van der Waals surface area (Å²) in [7, 11) is -3.85. The summed E-state index contributed by atoms with van der Waals surface area (Å²) in [6.45, 7) is 3.20. The second-order valence-electron chi connectivity index (χ2n) is 7.88. The number of aromatic carboxylic acids is 1. The van der Waals surface area contributed by atoms with Crippen molar-refractivity contribution in [1.82, 2.24) is 4.98 Å². The standard InChI is InChI=1S/C23H25N3O4S.C2HF3O2/c1-2-3-14-26(17-18-10-6-4-7-11-18)22-21(23(27)28)15-19(16-24-22)25-31(29,30)20-12-8-5-9-13-20;3-2(4,5)1(6)7/h4-13,15-16,25H,2-3,14,17H2,1H3,(H,27,28);(H,6,7). The molecule has 0 saturated heterocycles. The number of aliphatic carboxylic acids is 1. The number of carboxylic acids is 2. The normalized spacial score (nSPS) is 11.2. The van der Waals surface area contributed by atoms with Crippen LogP contribution in [0.3, 0.4) is 0 Å². The van der Waals surface area contributed by atoms with Gasteiger partial charge in [-0.25, -0.2) is 23.0 Å². The number of nitrogens with one attached hydrogen (secondary N) is 1. The van der Waals surface area contributed by atoms with Crippen LogP contribution in [0.5, 0.6) is 0 Å². The van der Waals surface area contributed by atoms with E-state index in [1.165, 1.54) is 24.4 Å². The first-order chi connectivity index (χ1) is 17.8. The Hall–Kier alpha value is -4.13. The van der Waals surface area contributed by atoms with Crippen LogP contribution in [0.25, 0.3) is 0 Å². The number of benzene rings is 2. The van der Waals surface area contributed by atoms with Gasteiger partial charge in [0.15, 0.2) is 0 Å². The van der Waals surface area contributed by atoms with E-state index in [0.29, 0.717) is 18.9 Å². The molecule has 1 aromatic heterocycles. The monoisotopic (exact) mass is 553 g/mol. The van der Waals surface area contributed by atoms with Crippen molar-refractivity contribution in [2.45, 2.75) is 37.4 Å². The van der Waals surface area contributed by atoms with Crippen LogP contribution in [0.4, 0.5) is 24.7 Å². The van der Waals surface area contributed by atoms with E-state index in [4.69, 9.17) is 9.90 Å². The minimum Gasteiger partial charge on any atom is -0.478 e. The molecule has 3 N–H and O–H groups in total. The summed E-state index contributed by atoms with van der Waals surface area (Å²) in [6.07, 6.45) is -1.91. The van der Waals surface area contributed by atoms with Crippen LogP contribution < -0.4 is 9.62 Å². The molecule has 9 nitrogen and oxygen atoms in total. The van der Waals surface area contributed by atoms with Crippen molar-refractivity contribution in [3.05, 3.63) is 84.1 Å². The highest BCUT2D eigenvalue weighted by Crippen LogP contribution is 2.25. The maximum atomic E-state index is 12.6. The van der Waals surface area contributed by atoms with Gasteiger partial charge in [-0.1, -0.05) is 61.9 Å². The van der Waals surface area contributed by atoms with Crippen molar-refractivity contribution in [1.29, 1.82) is 0 Å². The molecule has 3 rings (SSSR count). The van der Waals surface area contributed by atoms with Crippen LogP contribution >= 0.6 is 0 Å². The van der Waals surface area contributed by atoms with Crippen molar-refractivity contribution in [3.8, 4) is 0 Å². The summed E-state index contributed by atoms with van der Waals surface area (Å²) in [6, 6.07) is 18.9. The zero-order valence-electron chi connectivity index (χ0n) is 20.2. The number of pyridine rings is 1. The topological polar surface area (TPSA) is 137 Å². The quantitative estimate of drug-likeness (QED) is 0.318. The van der Waals surface area contributed by atoms with Crippen LogP contribution in [0.1, 0.15) is 35.7 Å². The third-order valence-corrected chi connectivity index (χ3v) is 6.34. The largest absolute Gasteiger partial charge is 0.490 e. The highest BCUT2D eigenvalue weighted by atomic mass is 32.2. The zero-order valence-corrected chi connectivity index (χ0v) is 21.0. The van der Waals surface area contributed by atoms with Gasteiger partial charge >= 0.3 is 18.1 Å². The Balaban J connectivity index is 0.000000638. The van der Waals surface area contributed by atoms with Gasteiger partial charge in [-0.15, -0.1) is 0 Å². The van der Waals surface area contributed by atoms with Crippen molar-refractivity contribution in [2.75, 3.05) is 16.2 Å². The first-order valence-electron chi connectivity index (χ1n) is 11.2. The van der Waals surface area contributed by atoms with E-state index in [0.717, 1.165) is 18.4 Å². The van der Waals surface area contributed by atoms with Gasteiger partial charge in [0.25, 0.3) is 10.0 Å². The maximum absolute atomic E-state index is 12.6. The highest BCUT2D eigenvalue weighted by Gasteiger charge is 2.38. The number of sulfonamides is 1. The molecule has 38 heavy (non-hydrogen) atoms. The molecule has 0 atom stereocenters. The van der Waals surface area contributed by atoms with Gasteiger partial charge in [-0.2, -0.15) is 13.2 Å². The molecule has 0 bridgehead atoms. The lowest BCUT2D eigenvalue weighted by Gasteiger charge is -2.25. The van der Waals surface area contributed by atoms with Crippen LogP contribution in [0, 0.1) is 0 Å². The molecule has 0 radical (unpaired) electrons. The number of nitrogens with zero attached hydrogens (tertiary/aromatic N) is 2. The third kappa shape index (κ3) is 9.07. The maximum Gasteiger partial charge on any atom is 0.490 e. The van der Waals surface area contributed by atoms with Gasteiger partial charge < -0.3 is 15.1 Å². The Morgan fingerprint density at radius 2 is 1.55 bits per heavy atom. The number of anilines is 2. The second-order valence-corrected chi connectivity index (χ2v) is 9.56. The van der Waals surface area contributed by atoms with Crippen LogP contribution in [0.2, 0.25) is 0 Å². The first-order valence-corrected chi connectivity index (χ1v) is 12.7. The molecule has 0 aliphatic carbocycles. The Kier molecular flexibility index (Phi) is 10.6. The second kappa shape index (κ2) is 13.4. The molecule has 0 spiro atoms. The molecule has 0 unspecified atom stereocenters. The molecule has 1 heterocycles. The summed E-state index contributed by atoms with van der Waals surface area (Å²) in [5.74, 6) is -3.61. The fourth-order valence-electron chi connectivity index (χ4n) is 3.15. The fourth-order valence-corrected chi connectivity index (χ4v) is 4.20. The summed E-state index contributed by atoms with van der Waals surface area (Å²) in [4.78, 5) is 27.2. The smallest absolute Gasteiger partial charge is 0.478 e. The lowest BCUT2D eigenvalue weighted by atomic mass is 10.1. The minimum absolute atomic E-state index is 0.0553. The van der Waals surface area contributed by atoms with E-state index in [1.807, 2.05) is 35.2 Å². The number of hydrogen-bond donors (Lipinski definition) is 3. The van der Waals surface area contributed by atoms with Crippen molar-refractivity contribution in [2.24, 2.45) is 0 Å². The minimum atomic E-state index is -5.08. The number of carbonyl (C=O) groups is 2. The van der Waals surface area contributed by atoms with E-state index in [2.05, 4.69) is 16.6 Å². The molecular formula is C25H26F3N3O6S. The SMILES string of the molecule is CCCCN(Cc1ccccc1)c1ncc(NS(=O)(=O)c2ccccc2)cc1C(=O)O.O=C(O)C(F)(F)F. The van der Waals surface area contributed by atoms with Crippen molar-refractivity contribution < 1.29 is 41.4 Å². The van der Waals surface area contributed by atoms with Crippen LogP contribution in [-0.2, 0) is 21.4 Å². The Morgan fingerprint density at radius 1 is 1.00 bits per heavy atom. The number of aromatic nitrogens is 1. The summed E-state index contributed by atoms with van der Waals surface area (Å²) >= 11 is 0. The lowest BCUT2D eigenvalue weighted by Crippen LogP contribution is -2.27. The van der Waals surface area contributed by atoms with E-state index in [9.17, 15) is 31.5 Å². The molecule has 0 fully saturated rings. The van der Waals surface area contributed by atoms with Gasteiger partial charge in [0.2, 0.25) is 0 Å². The van der Waals surface area contributed by atoms with E-state index in [-0.39, 0.29) is 16.1 Å². The molecule has 3 aromatic rings. The number of rotatable bonds is 10. The molecule has 2 aromatic carbocycles. The molecule has 204 valence electrons. The molecule has 0 aliphatic rings. The van der Waals surface area contributed by atoms with E-state index >= 15 is 0 Å². The summed E-state index contributed by atoms with van der Waals surface area (Å²) < 4.78 is 59.3. The molecule has 0 saturated carbocycles. The van der Waals surface area contributed by atoms with Gasteiger partial charge in [-0.05, 0) is 30.2 Å². The Bertz CT molecular complexity index is 1320. The van der Waals surface area contributed by atoms with Crippen LogP contribution in [0.15, 0.2) is 77.8 Å². The van der Waals surface area contributed by atoms with E-state index < -0.39 is 28.1 Å². The summed E-state index contributed by atoms with van der Waals surface area (Å²) in [5, 5.41) is 16.9. The number of alkyl halides is 3.